The number of hydrogen-bond acceptors (Lipinski definition) is 8. The molecule has 0 aliphatic heterocycles. The predicted octanol–water partition coefficient (Wildman–Crippen LogP) is 4.39. The van der Waals surface area contributed by atoms with Crippen molar-refractivity contribution in [3.8, 4) is 34.3 Å². The van der Waals surface area contributed by atoms with Crippen LogP contribution in [0, 0.1) is 0 Å². The number of carbonyl (C=O) groups is 1. The van der Waals surface area contributed by atoms with Gasteiger partial charge in [0.2, 0.25) is 16.5 Å². The molecule has 0 aliphatic carbocycles. The Bertz CT molecular complexity index is 1270. The molecule has 164 valence electrons. The molecule has 2 heterocycles. The number of fused-ring (bicyclic) bond motifs is 1. The number of aromatic nitrogens is 3. The second-order valence-electron chi connectivity index (χ2n) is 6.63. The molecule has 9 heteroatoms. The third kappa shape index (κ3) is 3.90. The number of benzene rings is 2. The van der Waals surface area contributed by atoms with Gasteiger partial charge in [-0.25, -0.2) is 4.98 Å². The average Bonchev–Trinajstić information content (AvgIpc) is 3.43. The van der Waals surface area contributed by atoms with Gasteiger partial charge < -0.3 is 18.9 Å². The summed E-state index contributed by atoms with van der Waals surface area (Å²) >= 11 is 1.36. The van der Waals surface area contributed by atoms with Gasteiger partial charge in [0.25, 0.3) is 0 Å². The van der Waals surface area contributed by atoms with Crippen LogP contribution in [-0.2, 0) is 0 Å². The van der Waals surface area contributed by atoms with E-state index in [0.29, 0.717) is 33.6 Å². The van der Waals surface area contributed by atoms with E-state index < -0.39 is 0 Å². The molecule has 2 aromatic carbocycles. The summed E-state index contributed by atoms with van der Waals surface area (Å²) < 4.78 is 22.9. The Hall–Kier alpha value is -3.85. The first-order chi connectivity index (χ1) is 15.6. The standard InChI is InChI=1S/C23H21N3O5S/c1-28-16-8-6-15(7-9-16)20-21(26-23(25-20)32-13-24-26)17(27)10-5-14-11-18(29-2)22(31-4)19(12-14)30-3/h5-13H,1-4H3/b10-5+. The van der Waals surface area contributed by atoms with Crippen molar-refractivity contribution in [2.45, 2.75) is 0 Å². The van der Waals surface area contributed by atoms with Crippen LogP contribution < -0.4 is 18.9 Å². The topological polar surface area (TPSA) is 84.2 Å². The summed E-state index contributed by atoms with van der Waals surface area (Å²) in [6.45, 7) is 0. The first-order valence-corrected chi connectivity index (χ1v) is 10.5. The van der Waals surface area contributed by atoms with Crippen molar-refractivity contribution < 1.29 is 23.7 Å². The van der Waals surface area contributed by atoms with Crippen molar-refractivity contribution in [3.63, 3.8) is 0 Å². The number of hydrogen-bond donors (Lipinski definition) is 0. The number of allylic oxidation sites excluding steroid dienone is 1. The lowest BCUT2D eigenvalue weighted by Crippen LogP contribution is -2.03. The molecule has 4 aromatic rings. The lowest BCUT2D eigenvalue weighted by Gasteiger charge is -2.12. The Morgan fingerprint density at radius 3 is 2.25 bits per heavy atom. The molecule has 0 N–H and O–H groups in total. The Morgan fingerprint density at radius 1 is 0.969 bits per heavy atom. The van der Waals surface area contributed by atoms with Gasteiger partial charge in [-0.3, -0.25) is 4.79 Å². The number of methoxy groups -OCH3 is 4. The number of carbonyl (C=O) groups excluding carboxylic acids is 1. The van der Waals surface area contributed by atoms with Crippen molar-refractivity contribution >= 4 is 28.2 Å². The second-order valence-corrected chi connectivity index (χ2v) is 7.44. The van der Waals surface area contributed by atoms with E-state index >= 15 is 0 Å². The monoisotopic (exact) mass is 451 g/mol. The van der Waals surface area contributed by atoms with Crippen LogP contribution in [0.4, 0.5) is 0 Å². The van der Waals surface area contributed by atoms with Gasteiger partial charge in [0.1, 0.15) is 22.6 Å². The summed E-state index contributed by atoms with van der Waals surface area (Å²) in [5.41, 5.74) is 4.12. The van der Waals surface area contributed by atoms with Crippen LogP contribution in [0.25, 0.3) is 22.3 Å². The molecule has 0 saturated carbocycles. The summed E-state index contributed by atoms with van der Waals surface area (Å²) in [4.78, 5) is 18.5. The first-order valence-electron chi connectivity index (χ1n) is 9.58. The Kier molecular flexibility index (Phi) is 6.09. The zero-order valence-electron chi connectivity index (χ0n) is 18.0. The maximum absolute atomic E-state index is 13.2. The van der Waals surface area contributed by atoms with Crippen LogP contribution in [0.3, 0.4) is 0 Å². The molecular formula is C23H21N3O5S. The largest absolute Gasteiger partial charge is 0.497 e. The molecule has 0 aliphatic rings. The van der Waals surface area contributed by atoms with Gasteiger partial charge >= 0.3 is 0 Å². The lowest BCUT2D eigenvalue weighted by molar-refractivity contribution is 0.104. The molecule has 0 atom stereocenters. The number of ether oxygens (including phenoxy) is 4. The second kappa shape index (κ2) is 9.11. The van der Waals surface area contributed by atoms with Crippen molar-refractivity contribution in [2.75, 3.05) is 28.4 Å². The minimum absolute atomic E-state index is 0.233. The fourth-order valence-corrected chi connectivity index (χ4v) is 3.93. The number of imidazole rings is 1. The SMILES string of the molecule is COc1ccc(-c2nc3scnn3c2C(=O)/C=C/c2cc(OC)c(OC)c(OC)c2)cc1. The summed E-state index contributed by atoms with van der Waals surface area (Å²) in [6, 6.07) is 10.9. The van der Waals surface area contributed by atoms with Gasteiger partial charge in [-0.15, -0.1) is 0 Å². The molecule has 8 nitrogen and oxygen atoms in total. The molecule has 32 heavy (non-hydrogen) atoms. The maximum Gasteiger partial charge on any atom is 0.213 e. The maximum atomic E-state index is 13.2. The zero-order valence-corrected chi connectivity index (χ0v) is 18.8. The predicted molar refractivity (Wildman–Crippen MR) is 122 cm³/mol. The minimum atomic E-state index is -0.233. The Labute approximate surface area is 188 Å². The van der Waals surface area contributed by atoms with Crippen molar-refractivity contribution in [3.05, 3.63) is 59.2 Å². The first kappa shape index (κ1) is 21.4. The molecule has 0 bridgehead atoms. The molecule has 0 amide bonds. The van der Waals surface area contributed by atoms with Crippen LogP contribution in [0.2, 0.25) is 0 Å². The van der Waals surface area contributed by atoms with E-state index in [1.165, 1.54) is 17.4 Å². The third-order valence-corrected chi connectivity index (χ3v) is 5.53. The highest BCUT2D eigenvalue weighted by atomic mass is 32.1. The highest BCUT2D eigenvalue weighted by Crippen LogP contribution is 2.38. The number of ketones is 1. The van der Waals surface area contributed by atoms with Gasteiger partial charge in [-0.1, -0.05) is 17.4 Å². The summed E-state index contributed by atoms with van der Waals surface area (Å²) in [5, 5.41) is 4.29. The van der Waals surface area contributed by atoms with Gasteiger partial charge in [0.05, 0.1) is 28.4 Å². The summed E-state index contributed by atoms with van der Waals surface area (Å²) in [5.74, 6) is 1.99. The summed E-state index contributed by atoms with van der Waals surface area (Å²) in [6.07, 6.45) is 3.17. The van der Waals surface area contributed by atoms with Crippen LogP contribution in [0.5, 0.6) is 23.0 Å². The van der Waals surface area contributed by atoms with E-state index in [0.717, 1.165) is 16.9 Å². The van der Waals surface area contributed by atoms with Gasteiger partial charge in [-0.05, 0) is 48.0 Å². The summed E-state index contributed by atoms with van der Waals surface area (Å²) in [7, 11) is 6.23. The highest BCUT2D eigenvalue weighted by Gasteiger charge is 2.21. The molecular weight excluding hydrogens is 430 g/mol. The van der Waals surface area contributed by atoms with Crippen LogP contribution in [-0.4, -0.2) is 48.8 Å². The fraction of sp³-hybridized carbons (Fsp3) is 0.174. The molecule has 4 rings (SSSR count). The van der Waals surface area contributed by atoms with Crippen molar-refractivity contribution in [2.24, 2.45) is 0 Å². The van der Waals surface area contributed by atoms with Crippen LogP contribution in [0.1, 0.15) is 16.1 Å². The van der Waals surface area contributed by atoms with Crippen molar-refractivity contribution in [1.82, 2.24) is 14.6 Å². The number of nitrogens with zero attached hydrogens (tertiary/aromatic N) is 3. The normalized spacial score (nSPS) is 11.1. The average molecular weight is 452 g/mol. The van der Waals surface area contributed by atoms with E-state index in [1.807, 2.05) is 24.3 Å². The zero-order chi connectivity index (χ0) is 22.7. The minimum Gasteiger partial charge on any atom is -0.497 e. The third-order valence-electron chi connectivity index (χ3n) is 4.86. The smallest absolute Gasteiger partial charge is 0.213 e. The molecule has 0 fully saturated rings. The van der Waals surface area contributed by atoms with E-state index in [9.17, 15) is 4.79 Å². The van der Waals surface area contributed by atoms with Crippen molar-refractivity contribution in [1.29, 1.82) is 0 Å². The van der Waals surface area contributed by atoms with Crippen LogP contribution >= 0.6 is 11.3 Å². The molecule has 0 unspecified atom stereocenters. The number of rotatable bonds is 8. The van der Waals surface area contributed by atoms with Gasteiger partial charge in [-0.2, -0.15) is 9.61 Å². The molecule has 0 radical (unpaired) electrons. The Morgan fingerprint density at radius 2 is 1.66 bits per heavy atom. The Balaban J connectivity index is 1.73. The quantitative estimate of drug-likeness (QED) is 0.290. The highest BCUT2D eigenvalue weighted by molar-refractivity contribution is 7.14. The molecule has 0 spiro atoms. The van der Waals surface area contributed by atoms with E-state index in [2.05, 4.69) is 10.1 Å². The van der Waals surface area contributed by atoms with Gasteiger partial charge in [0, 0.05) is 5.56 Å². The van der Waals surface area contributed by atoms with Crippen LogP contribution in [0.15, 0.2) is 48.0 Å². The fourth-order valence-electron chi connectivity index (χ4n) is 3.31. The lowest BCUT2D eigenvalue weighted by atomic mass is 10.1. The molecule has 2 aromatic heterocycles. The van der Waals surface area contributed by atoms with E-state index in [1.54, 1.807) is 56.7 Å². The molecule has 0 saturated heterocycles. The van der Waals surface area contributed by atoms with E-state index in [-0.39, 0.29) is 5.78 Å². The van der Waals surface area contributed by atoms with E-state index in [4.69, 9.17) is 18.9 Å². The van der Waals surface area contributed by atoms with Gasteiger partial charge in [0.15, 0.2) is 11.5 Å².